The van der Waals surface area contributed by atoms with E-state index in [0.717, 1.165) is 18.5 Å². The van der Waals surface area contributed by atoms with E-state index in [4.69, 9.17) is 4.74 Å². The van der Waals surface area contributed by atoms with E-state index in [1.54, 1.807) is 0 Å². The number of hydrogen-bond donors (Lipinski definition) is 2. The predicted molar refractivity (Wildman–Crippen MR) is 60.1 cm³/mol. The molecule has 2 rings (SSSR count). The van der Waals surface area contributed by atoms with Gasteiger partial charge in [-0.1, -0.05) is 6.92 Å². The molecular weight excluding hydrogens is 206 g/mol. The molecule has 1 aliphatic rings. The molecule has 5 nitrogen and oxygen atoms in total. The number of aromatic nitrogens is 2. The minimum atomic E-state index is -0.0398. The number of H-pyrrole nitrogens is 1. The van der Waals surface area contributed by atoms with E-state index in [1.807, 2.05) is 19.9 Å². The van der Waals surface area contributed by atoms with Gasteiger partial charge in [0.2, 0.25) is 5.91 Å². The van der Waals surface area contributed by atoms with Gasteiger partial charge in [0.05, 0.1) is 12.0 Å². The fraction of sp³-hybridized carbons (Fsp3) is 0.636. The summed E-state index contributed by atoms with van der Waals surface area (Å²) in [6.45, 7) is 4.61. The molecule has 1 amide bonds. The highest BCUT2D eigenvalue weighted by Crippen LogP contribution is 2.24. The second kappa shape index (κ2) is 4.65. The van der Waals surface area contributed by atoms with E-state index in [0.29, 0.717) is 12.4 Å². The molecule has 1 aromatic heterocycles. The van der Waals surface area contributed by atoms with Crippen LogP contribution in [-0.4, -0.2) is 28.8 Å². The topological polar surface area (TPSA) is 67.0 Å². The van der Waals surface area contributed by atoms with Crippen molar-refractivity contribution < 1.29 is 9.53 Å². The number of anilines is 1. The smallest absolute Gasteiger partial charge is 0.231 e. The lowest BCUT2D eigenvalue weighted by Gasteiger charge is -2.15. The summed E-state index contributed by atoms with van der Waals surface area (Å²) in [4.78, 5) is 11.9. The molecule has 1 aromatic rings. The number of aryl methyl sites for hydroxylation is 1. The van der Waals surface area contributed by atoms with E-state index in [2.05, 4.69) is 15.5 Å². The maximum absolute atomic E-state index is 11.9. The Hall–Kier alpha value is -1.36. The maximum atomic E-state index is 11.9. The summed E-state index contributed by atoms with van der Waals surface area (Å²) in [5, 5.41) is 9.58. The molecular formula is C11H17N3O2. The van der Waals surface area contributed by atoms with Crippen molar-refractivity contribution >= 4 is 11.7 Å². The number of nitrogens with one attached hydrogen (secondary N) is 2. The van der Waals surface area contributed by atoms with Crippen LogP contribution >= 0.6 is 0 Å². The number of nitrogens with zero attached hydrogens (tertiary/aromatic N) is 1. The van der Waals surface area contributed by atoms with Crippen LogP contribution in [0.4, 0.5) is 5.82 Å². The van der Waals surface area contributed by atoms with Gasteiger partial charge in [-0.25, -0.2) is 0 Å². The van der Waals surface area contributed by atoms with Crippen LogP contribution in [0.2, 0.25) is 0 Å². The molecule has 0 aliphatic carbocycles. The van der Waals surface area contributed by atoms with Gasteiger partial charge in [-0.2, -0.15) is 5.10 Å². The highest BCUT2D eigenvalue weighted by Gasteiger charge is 2.32. The number of amides is 1. The zero-order valence-corrected chi connectivity index (χ0v) is 9.62. The van der Waals surface area contributed by atoms with Gasteiger partial charge < -0.3 is 10.1 Å². The number of hydrogen-bond acceptors (Lipinski definition) is 3. The van der Waals surface area contributed by atoms with Crippen molar-refractivity contribution in [2.45, 2.75) is 32.8 Å². The molecule has 0 aromatic carbocycles. The third kappa shape index (κ3) is 2.24. The fourth-order valence-corrected chi connectivity index (χ4v) is 2.05. The van der Waals surface area contributed by atoms with Crippen LogP contribution in [0.5, 0.6) is 0 Å². The van der Waals surface area contributed by atoms with Crippen LogP contribution < -0.4 is 5.32 Å². The molecule has 1 saturated heterocycles. The Labute approximate surface area is 94.6 Å². The first-order valence-corrected chi connectivity index (χ1v) is 5.65. The molecule has 1 fully saturated rings. The average molecular weight is 223 g/mol. The fourth-order valence-electron chi connectivity index (χ4n) is 2.05. The molecule has 0 bridgehead atoms. The number of carbonyl (C=O) groups excluding carboxylic acids is 1. The van der Waals surface area contributed by atoms with Crippen LogP contribution in [-0.2, 0) is 9.53 Å². The zero-order chi connectivity index (χ0) is 11.5. The lowest BCUT2D eigenvalue weighted by atomic mass is 9.99. The molecule has 88 valence electrons. The van der Waals surface area contributed by atoms with Crippen molar-refractivity contribution in [2.75, 3.05) is 11.9 Å². The molecule has 0 saturated carbocycles. The first-order chi connectivity index (χ1) is 7.70. The minimum Gasteiger partial charge on any atom is -0.377 e. The first-order valence-electron chi connectivity index (χ1n) is 5.65. The van der Waals surface area contributed by atoms with E-state index < -0.39 is 0 Å². The van der Waals surface area contributed by atoms with Crippen molar-refractivity contribution in [3.05, 3.63) is 11.8 Å². The summed E-state index contributed by atoms with van der Waals surface area (Å²) in [6.07, 6.45) is 1.73. The Kier molecular flexibility index (Phi) is 3.24. The normalized spacial score (nSPS) is 24.6. The third-order valence-electron chi connectivity index (χ3n) is 2.91. The summed E-state index contributed by atoms with van der Waals surface area (Å²) < 4.78 is 5.49. The van der Waals surface area contributed by atoms with Gasteiger partial charge in [-0.3, -0.25) is 9.89 Å². The van der Waals surface area contributed by atoms with Crippen molar-refractivity contribution in [2.24, 2.45) is 5.92 Å². The SMILES string of the molecule is CCC1OCCC1C(=O)Nc1cc(C)[nH]n1. The summed E-state index contributed by atoms with van der Waals surface area (Å²) >= 11 is 0. The van der Waals surface area contributed by atoms with Gasteiger partial charge in [-0.05, 0) is 19.8 Å². The van der Waals surface area contributed by atoms with Crippen LogP contribution in [0, 0.1) is 12.8 Å². The average Bonchev–Trinajstić information content (AvgIpc) is 2.86. The molecule has 16 heavy (non-hydrogen) atoms. The van der Waals surface area contributed by atoms with Crippen LogP contribution in [0.3, 0.4) is 0 Å². The standard InChI is InChI=1S/C11H17N3O2/c1-3-9-8(4-5-16-9)11(15)12-10-6-7(2)13-14-10/h6,8-9H,3-5H2,1-2H3,(H2,12,13,14,15). The lowest BCUT2D eigenvalue weighted by Crippen LogP contribution is -2.29. The highest BCUT2D eigenvalue weighted by molar-refractivity contribution is 5.92. The van der Waals surface area contributed by atoms with Crippen LogP contribution in [0.25, 0.3) is 0 Å². The minimum absolute atomic E-state index is 0.0100. The molecule has 2 atom stereocenters. The Bertz CT molecular complexity index is 375. The van der Waals surface area contributed by atoms with Gasteiger partial charge in [0.1, 0.15) is 0 Å². The van der Waals surface area contributed by atoms with E-state index in [1.165, 1.54) is 0 Å². The Morgan fingerprint density at radius 2 is 2.56 bits per heavy atom. The lowest BCUT2D eigenvalue weighted by molar-refractivity contribution is -0.121. The van der Waals surface area contributed by atoms with E-state index in [-0.39, 0.29) is 17.9 Å². The largest absolute Gasteiger partial charge is 0.377 e. The second-order valence-electron chi connectivity index (χ2n) is 4.14. The first kappa shape index (κ1) is 11.1. The summed E-state index contributed by atoms with van der Waals surface area (Å²) in [6, 6.07) is 1.81. The molecule has 2 N–H and O–H groups in total. The zero-order valence-electron chi connectivity index (χ0n) is 9.62. The van der Waals surface area contributed by atoms with Gasteiger partial charge in [0.15, 0.2) is 5.82 Å². The van der Waals surface area contributed by atoms with Crippen molar-refractivity contribution in [3.63, 3.8) is 0 Å². The second-order valence-corrected chi connectivity index (χ2v) is 4.14. The monoisotopic (exact) mass is 223 g/mol. The maximum Gasteiger partial charge on any atom is 0.231 e. The Morgan fingerprint density at radius 3 is 3.19 bits per heavy atom. The summed E-state index contributed by atoms with van der Waals surface area (Å²) in [5.41, 5.74) is 0.935. The van der Waals surface area contributed by atoms with Gasteiger partial charge in [-0.15, -0.1) is 0 Å². The summed E-state index contributed by atoms with van der Waals surface area (Å²) in [7, 11) is 0. The predicted octanol–water partition coefficient (Wildman–Crippen LogP) is 1.47. The van der Waals surface area contributed by atoms with Crippen LogP contribution in [0.15, 0.2) is 6.07 Å². The molecule has 1 aliphatic heterocycles. The van der Waals surface area contributed by atoms with Gasteiger partial charge >= 0.3 is 0 Å². The quantitative estimate of drug-likeness (QED) is 0.815. The Balaban J connectivity index is 1.97. The molecule has 0 spiro atoms. The number of aromatic amines is 1. The highest BCUT2D eigenvalue weighted by atomic mass is 16.5. The number of ether oxygens (including phenoxy) is 1. The van der Waals surface area contributed by atoms with Gasteiger partial charge in [0.25, 0.3) is 0 Å². The van der Waals surface area contributed by atoms with E-state index >= 15 is 0 Å². The molecule has 2 unspecified atom stereocenters. The number of rotatable bonds is 3. The van der Waals surface area contributed by atoms with Gasteiger partial charge in [0, 0.05) is 18.4 Å². The third-order valence-corrected chi connectivity index (χ3v) is 2.91. The molecule has 0 radical (unpaired) electrons. The Morgan fingerprint density at radius 1 is 1.75 bits per heavy atom. The van der Waals surface area contributed by atoms with E-state index in [9.17, 15) is 4.79 Å². The van der Waals surface area contributed by atoms with Crippen molar-refractivity contribution in [3.8, 4) is 0 Å². The summed E-state index contributed by atoms with van der Waals surface area (Å²) in [5.74, 6) is 0.558. The van der Waals surface area contributed by atoms with Crippen molar-refractivity contribution in [1.82, 2.24) is 10.2 Å². The van der Waals surface area contributed by atoms with Crippen molar-refractivity contribution in [1.29, 1.82) is 0 Å². The molecule has 2 heterocycles. The number of carbonyl (C=O) groups is 1. The van der Waals surface area contributed by atoms with Crippen LogP contribution in [0.1, 0.15) is 25.5 Å². The molecule has 5 heteroatoms.